The van der Waals surface area contributed by atoms with Gasteiger partial charge in [-0.15, -0.1) is 0 Å². The second kappa shape index (κ2) is 6.48. The molecule has 19 heavy (non-hydrogen) atoms. The standard InChI is InChI=1S/C12H14N2O5/c1-8(15)13-12-4-3-11(14(17)18)7-10(12)5-6-19-9(2)16/h3-4,7H,5-6H2,1-2H3,(H,13,15). The average molecular weight is 266 g/mol. The van der Waals surface area contributed by atoms with Gasteiger partial charge in [0.15, 0.2) is 0 Å². The smallest absolute Gasteiger partial charge is 0.302 e. The Hall–Kier alpha value is -2.44. The van der Waals surface area contributed by atoms with Gasteiger partial charge in [0.2, 0.25) is 5.91 Å². The molecule has 0 radical (unpaired) electrons. The number of rotatable bonds is 5. The Morgan fingerprint density at radius 2 is 2.05 bits per heavy atom. The van der Waals surface area contributed by atoms with Crippen LogP contribution in [0.5, 0.6) is 0 Å². The molecule has 7 heteroatoms. The normalized spacial score (nSPS) is 9.79. The number of hydrogen-bond acceptors (Lipinski definition) is 5. The number of carbonyl (C=O) groups excluding carboxylic acids is 2. The lowest BCUT2D eigenvalue weighted by molar-refractivity contribution is -0.384. The lowest BCUT2D eigenvalue weighted by atomic mass is 10.1. The van der Waals surface area contributed by atoms with Crippen molar-refractivity contribution in [1.29, 1.82) is 0 Å². The third-order valence-corrected chi connectivity index (χ3v) is 2.29. The van der Waals surface area contributed by atoms with Crippen LogP contribution in [-0.4, -0.2) is 23.4 Å². The molecule has 0 spiro atoms. The monoisotopic (exact) mass is 266 g/mol. The maximum Gasteiger partial charge on any atom is 0.302 e. The lowest BCUT2D eigenvalue weighted by Crippen LogP contribution is -2.10. The molecule has 0 bridgehead atoms. The molecule has 102 valence electrons. The minimum atomic E-state index is -0.521. The van der Waals surface area contributed by atoms with E-state index in [9.17, 15) is 19.7 Å². The van der Waals surface area contributed by atoms with Crippen molar-refractivity contribution in [2.24, 2.45) is 0 Å². The minimum absolute atomic E-state index is 0.0769. The fourth-order valence-electron chi connectivity index (χ4n) is 1.52. The Balaban J connectivity index is 2.93. The van der Waals surface area contributed by atoms with Crippen LogP contribution in [0.25, 0.3) is 0 Å². The number of nitrogens with one attached hydrogen (secondary N) is 1. The van der Waals surface area contributed by atoms with E-state index >= 15 is 0 Å². The topological polar surface area (TPSA) is 98.5 Å². The lowest BCUT2D eigenvalue weighted by Gasteiger charge is -2.09. The van der Waals surface area contributed by atoms with Crippen molar-refractivity contribution < 1.29 is 19.2 Å². The third-order valence-electron chi connectivity index (χ3n) is 2.29. The van der Waals surface area contributed by atoms with Crippen molar-refractivity contribution in [3.8, 4) is 0 Å². The molecule has 7 nitrogen and oxygen atoms in total. The number of ether oxygens (including phenoxy) is 1. The number of carbonyl (C=O) groups is 2. The van der Waals surface area contributed by atoms with E-state index in [0.29, 0.717) is 11.3 Å². The summed E-state index contributed by atoms with van der Waals surface area (Å²) in [4.78, 5) is 31.9. The highest BCUT2D eigenvalue weighted by atomic mass is 16.6. The van der Waals surface area contributed by atoms with Crippen molar-refractivity contribution in [3.05, 3.63) is 33.9 Å². The van der Waals surface area contributed by atoms with Gasteiger partial charge >= 0.3 is 5.97 Å². The summed E-state index contributed by atoms with van der Waals surface area (Å²) in [5.41, 5.74) is 0.947. The van der Waals surface area contributed by atoms with E-state index in [-0.39, 0.29) is 24.6 Å². The van der Waals surface area contributed by atoms with Crippen LogP contribution >= 0.6 is 0 Å². The summed E-state index contributed by atoms with van der Waals surface area (Å²) in [7, 11) is 0. The van der Waals surface area contributed by atoms with Crippen molar-refractivity contribution in [2.75, 3.05) is 11.9 Å². The predicted molar refractivity (Wildman–Crippen MR) is 67.7 cm³/mol. The highest BCUT2D eigenvalue weighted by Gasteiger charge is 2.12. The maximum atomic E-state index is 11.0. The molecule has 0 heterocycles. The van der Waals surface area contributed by atoms with Crippen LogP contribution < -0.4 is 5.32 Å². The number of esters is 1. The fraction of sp³-hybridized carbons (Fsp3) is 0.333. The predicted octanol–water partition coefficient (Wildman–Crippen LogP) is 1.66. The van der Waals surface area contributed by atoms with Gasteiger partial charge in [0, 0.05) is 38.1 Å². The number of anilines is 1. The molecule has 1 rings (SSSR count). The summed E-state index contributed by atoms with van der Waals surface area (Å²) >= 11 is 0. The SMILES string of the molecule is CC(=O)Nc1ccc([N+](=O)[O-])cc1CCOC(C)=O. The summed E-state index contributed by atoms with van der Waals surface area (Å²) in [6, 6.07) is 4.12. The van der Waals surface area contributed by atoms with E-state index in [2.05, 4.69) is 5.32 Å². The number of nitro benzene ring substituents is 1. The van der Waals surface area contributed by atoms with Gasteiger partial charge in [-0.1, -0.05) is 0 Å². The van der Waals surface area contributed by atoms with Gasteiger partial charge in [0.1, 0.15) is 0 Å². The van der Waals surface area contributed by atoms with Crippen LogP contribution in [0, 0.1) is 10.1 Å². The third kappa shape index (κ3) is 4.74. The summed E-state index contributed by atoms with van der Waals surface area (Å²) in [5.74, 6) is -0.700. The highest BCUT2D eigenvalue weighted by molar-refractivity contribution is 5.89. The molecule has 1 aromatic rings. The Bertz CT molecular complexity index is 513. The van der Waals surface area contributed by atoms with E-state index in [1.54, 1.807) is 0 Å². The van der Waals surface area contributed by atoms with Gasteiger partial charge in [0.25, 0.3) is 5.69 Å². The second-order valence-corrected chi connectivity index (χ2v) is 3.87. The number of benzene rings is 1. The first-order valence-electron chi connectivity index (χ1n) is 5.58. The van der Waals surface area contributed by atoms with Crippen LogP contribution in [0.3, 0.4) is 0 Å². The molecule has 0 saturated carbocycles. The van der Waals surface area contributed by atoms with Crippen molar-refractivity contribution in [1.82, 2.24) is 0 Å². The quantitative estimate of drug-likeness (QED) is 0.496. The van der Waals surface area contributed by atoms with Crippen LogP contribution in [0.15, 0.2) is 18.2 Å². The number of nitrogens with zero attached hydrogens (tertiary/aromatic N) is 1. The molecule has 1 aromatic carbocycles. The average Bonchev–Trinajstić information content (AvgIpc) is 2.29. The number of non-ortho nitro benzene ring substituents is 1. The first-order chi connectivity index (χ1) is 8.90. The van der Waals surface area contributed by atoms with Crippen molar-refractivity contribution in [3.63, 3.8) is 0 Å². The molecular formula is C12H14N2O5. The van der Waals surface area contributed by atoms with E-state index in [0.717, 1.165) is 0 Å². The second-order valence-electron chi connectivity index (χ2n) is 3.87. The van der Waals surface area contributed by atoms with E-state index in [1.807, 2.05) is 0 Å². The van der Waals surface area contributed by atoms with Gasteiger partial charge in [-0.2, -0.15) is 0 Å². The van der Waals surface area contributed by atoms with E-state index < -0.39 is 10.9 Å². The molecule has 1 amide bonds. The van der Waals surface area contributed by atoms with Crippen molar-refractivity contribution in [2.45, 2.75) is 20.3 Å². The molecule has 0 aliphatic heterocycles. The molecule has 0 unspecified atom stereocenters. The summed E-state index contributed by atoms with van der Waals surface area (Å²) in [5, 5.41) is 13.3. The van der Waals surface area contributed by atoms with Gasteiger partial charge in [-0.3, -0.25) is 19.7 Å². The Kier molecular flexibility index (Phi) is 4.99. The van der Waals surface area contributed by atoms with Crippen LogP contribution in [0.1, 0.15) is 19.4 Å². The number of hydrogen-bond donors (Lipinski definition) is 1. The number of nitro groups is 1. The Labute approximate surface area is 109 Å². The van der Waals surface area contributed by atoms with Crippen LogP contribution in [-0.2, 0) is 20.7 Å². The van der Waals surface area contributed by atoms with Gasteiger partial charge in [-0.25, -0.2) is 0 Å². The Morgan fingerprint density at radius 3 is 2.58 bits per heavy atom. The number of amides is 1. The fourth-order valence-corrected chi connectivity index (χ4v) is 1.52. The summed E-state index contributed by atoms with van der Waals surface area (Å²) < 4.78 is 4.78. The molecular weight excluding hydrogens is 252 g/mol. The molecule has 0 aliphatic carbocycles. The zero-order valence-corrected chi connectivity index (χ0v) is 10.6. The largest absolute Gasteiger partial charge is 0.466 e. The molecule has 0 atom stereocenters. The zero-order valence-electron chi connectivity index (χ0n) is 10.6. The van der Waals surface area contributed by atoms with Gasteiger partial charge in [0.05, 0.1) is 11.5 Å². The van der Waals surface area contributed by atoms with Gasteiger partial charge < -0.3 is 10.1 Å². The van der Waals surface area contributed by atoms with E-state index in [1.165, 1.54) is 32.0 Å². The Morgan fingerprint density at radius 1 is 1.37 bits per heavy atom. The molecule has 0 aliphatic rings. The van der Waals surface area contributed by atoms with Crippen molar-refractivity contribution >= 4 is 23.3 Å². The van der Waals surface area contributed by atoms with Gasteiger partial charge in [-0.05, 0) is 11.6 Å². The molecule has 0 saturated heterocycles. The highest BCUT2D eigenvalue weighted by Crippen LogP contribution is 2.22. The minimum Gasteiger partial charge on any atom is -0.466 e. The van der Waals surface area contributed by atoms with E-state index in [4.69, 9.17) is 4.74 Å². The first kappa shape index (κ1) is 14.6. The van der Waals surface area contributed by atoms with Crippen LogP contribution in [0.2, 0.25) is 0 Å². The summed E-state index contributed by atoms with van der Waals surface area (Å²) in [6.45, 7) is 2.72. The molecule has 1 N–H and O–H groups in total. The maximum absolute atomic E-state index is 11.0. The van der Waals surface area contributed by atoms with Crippen LogP contribution in [0.4, 0.5) is 11.4 Å². The zero-order chi connectivity index (χ0) is 14.4. The molecule has 0 aromatic heterocycles. The molecule has 0 fully saturated rings. The summed E-state index contributed by atoms with van der Waals surface area (Å²) in [6.07, 6.45) is 0.289. The first-order valence-corrected chi connectivity index (χ1v) is 5.58.